The van der Waals surface area contributed by atoms with Crippen LogP contribution in [-0.2, 0) is 0 Å². The van der Waals surface area contributed by atoms with Gasteiger partial charge in [-0.05, 0) is 26.8 Å². The number of furan rings is 1. The first-order valence-electron chi connectivity index (χ1n) is 7.28. The minimum Gasteiger partial charge on any atom is -0.383 e. The van der Waals surface area contributed by atoms with Crippen molar-refractivity contribution >= 4 is 17.7 Å². The highest BCUT2D eigenvalue weighted by Gasteiger charge is 2.13. The van der Waals surface area contributed by atoms with E-state index in [9.17, 15) is 10.1 Å². The Kier molecular flexibility index (Phi) is 5.23. The molecule has 2 rings (SSSR count). The molecule has 0 fully saturated rings. The Morgan fingerprint density at radius 3 is 2.74 bits per heavy atom. The number of nitrogens with zero attached hydrogens (tertiary/aromatic N) is 3. The Hall–Kier alpha value is -2.97. The van der Waals surface area contributed by atoms with Crippen molar-refractivity contribution in [2.75, 3.05) is 18.5 Å². The zero-order chi connectivity index (χ0) is 16.8. The minimum atomic E-state index is -0.598. The Morgan fingerprint density at radius 2 is 2.13 bits per heavy atom. The van der Waals surface area contributed by atoms with Crippen LogP contribution in [0.3, 0.4) is 0 Å². The summed E-state index contributed by atoms with van der Waals surface area (Å²) in [5.74, 6) is 0.371. The van der Waals surface area contributed by atoms with Crippen LogP contribution < -0.4 is 16.2 Å². The zero-order valence-corrected chi connectivity index (χ0v) is 13.3. The Labute approximate surface area is 133 Å². The molecule has 0 saturated carbocycles. The van der Waals surface area contributed by atoms with E-state index in [-0.39, 0.29) is 11.8 Å². The van der Waals surface area contributed by atoms with Crippen molar-refractivity contribution in [2.45, 2.75) is 20.8 Å². The minimum absolute atomic E-state index is 0.225. The van der Waals surface area contributed by atoms with Gasteiger partial charge < -0.3 is 14.6 Å². The average Bonchev–Trinajstić information content (AvgIpc) is 2.99. The fourth-order valence-corrected chi connectivity index (χ4v) is 1.97. The SMILES string of the molecule is CCN(C=C1C=C(C)NC(NNc2ccc([N+](=O)[O-])o2)=N1)CC. The predicted molar refractivity (Wildman–Crippen MR) is 87.5 cm³/mol. The van der Waals surface area contributed by atoms with Crippen LogP contribution in [-0.4, -0.2) is 28.9 Å². The maximum absolute atomic E-state index is 10.6. The molecule has 1 aliphatic rings. The molecule has 0 spiro atoms. The van der Waals surface area contributed by atoms with Gasteiger partial charge in [-0.3, -0.25) is 21.0 Å². The van der Waals surface area contributed by atoms with Crippen LogP contribution in [0.2, 0.25) is 0 Å². The van der Waals surface area contributed by atoms with E-state index in [1.165, 1.54) is 12.1 Å². The molecule has 23 heavy (non-hydrogen) atoms. The van der Waals surface area contributed by atoms with Crippen LogP contribution >= 0.6 is 0 Å². The highest BCUT2D eigenvalue weighted by molar-refractivity contribution is 5.84. The number of anilines is 1. The van der Waals surface area contributed by atoms with Gasteiger partial charge in [0.2, 0.25) is 11.8 Å². The molecule has 0 radical (unpaired) electrons. The van der Waals surface area contributed by atoms with Gasteiger partial charge in [0.15, 0.2) is 0 Å². The number of nitrogens with one attached hydrogen (secondary N) is 3. The maximum atomic E-state index is 10.6. The lowest BCUT2D eigenvalue weighted by atomic mass is 10.3. The van der Waals surface area contributed by atoms with Crippen molar-refractivity contribution in [3.05, 3.63) is 45.9 Å². The first-order chi connectivity index (χ1) is 11.0. The summed E-state index contributed by atoms with van der Waals surface area (Å²) in [7, 11) is 0. The van der Waals surface area contributed by atoms with Gasteiger partial charge in [0.25, 0.3) is 0 Å². The average molecular weight is 320 g/mol. The molecule has 3 N–H and O–H groups in total. The third-order valence-corrected chi connectivity index (χ3v) is 3.12. The monoisotopic (exact) mass is 320 g/mol. The molecule has 2 heterocycles. The topological polar surface area (TPSA) is 108 Å². The van der Waals surface area contributed by atoms with Crippen LogP contribution in [0.25, 0.3) is 0 Å². The second kappa shape index (κ2) is 7.34. The summed E-state index contributed by atoms with van der Waals surface area (Å²) in [6.45, 7) is 7.86. The van der Waals surface area contributed by atoms with Crippen molar-refractivity contribution < 1.29 is 9.34 Å². The van der Waals surface area contributed by atoms with Gasteiger partial charge in [0.1, 0.15) is 4.92 Å². The van der Waals surface area contributed by atoms with Crippen LogP contribution in [0, 0.1) is 10.1 Å². The van der Waals surface area contributed by atoms with E-state index < -0.39 is 4.92 Å². The van der Waals surface area contributed by atoms with Crippen molar-refractivity contribution in [1.82, 2.24) is 15.6 Å². The van der Waals surface area contributed by atoms with E-state index in [4.69, 9.17) is 4.42 Å². The van der Waals surface area contributed by atoms with Crippen molar-refractivity contribution in [1.29, 1.82) is 0 Å². The second-order valence-corrected chi connectivity index (χ2v) is 4.83. The molecule has 9 heteroatoms. The second-order valence-electron chi connectivity index (χ2n) is 4.83. The fourth-order valence-electron chi connectivity index (χ4n) is 1.97. The predicted octanol–water partition coefficient (Wildman–Crippen LogP) is 2.15. The molecule has 0 aromatic carbocycles. The number of allylic oxidation sites excluding steroid dienone is 2. The van der Waals surface area contributed by atoms with E-state index in [2.05, 4.69) is 39.9 Å². The summed E-state index contributed by atoms with van der Waals surface area (Å²) < 4.78 is 5.00. The van der Waals surface area contributed by atoms with E-state index >= 15 is 0 Å². The lowest BCUT2D eigenvalue weighted by molar-refractivity contribution is -0.401. The number of rotatable bonds is 6. The van der Waals surface area contributed by atoms with E-state index in [0.29, 0.717) is 5.96 Å². The summed E-state index contributed by atoms with van der Waals surface area (Å²) in [5, 5.41) is 13.6. The van der Waals surface area contributed by atoms with Crippen molar-refractivity contribution in [2.24, 2.45) is 4.99 Å². The Morgan fingerprint density at radius 1 is 1.39 bits per heavy atom. The standard InChI is InChI=1S/C14H20N6O3/c1-4-19(5-2)9-11-8-10(3)15-14(16-11)18-17-12-6-7-13(23-12)20(21)22/h6-9,17H,4-5H2,1-3H3,(H2,15,16,18). The van der Waals surface area contributed by atoms with Gasteiger partial charge >= 0.3 is 5.88 Å². The van der Waals surface area contributed by atoms with Gasteiger partial charge in [-0.25, -0.2) is 4.99 Å². The lowest BCUT2D eigenvalue weighted by Crippen LogP contribution is -2.41. The largest absolute Gasteiger partial charge is 0.434 e. The number of guanidine groups is 1. The van der Waals surface area contributed by atoms with Crippen molar-refractivity contribution in [3.8, 4) is 0 Å². The zero-order valence-electron chi connectivity index (χ0n) is 13.3. The lowest BCUT2D eigenvalue weighted by Gasteiger charge is -2.20. The number of hydrogen-bond donors (Lipinski definition) is 3. The Balaban J connectivity index is 2.03. The van der Waals surface area contributed by atoms with Crippen LogP contribution in [0.5, 0.6) is 0 Å². The van der Waals surface area contributed by atoms with Crippen molar-refractivity contribution in [3.63, 3.8) is 0 Å². The summed E-state index contributed by atoms with van der Waals surface area (Å²) in [6, 6.07) is 2.74. The Bertz CT molecular complexity index is 657. The molecule has 1 aromatic rings. The van der Waals surface area contributed by atoms with Gasteiger partial charge in [-0.15, -0.1) is 0 Å². The summed E-state index contributed by atoms with van der Waals surface area (Å²) in [5.41, 5.74) is 7.29. The molecule has 0 unspecified atom stereocenters. The molecule has 0 saturated heterocycles. The first kappa shape index (κ1) is 16.4. The third kappa shape index (κ3) is 4.50. The van der Waals surface area contributed by atoms with Crippen LogP contribution in [0.15, 0.2) is 45.2 Å². The van der Waals surface area contributed by atoms with E-state index in [1.54, 1.807) is 0 Å². The quantitative estimate of drug-likeness (QED) is 0.544. The molecular weight excluding hydrogens is 300 g/mol. The van der Waals surface area contributed by atoms with Gasteiger partial charge in [0.05, 0.1) is 11.8 Å². The normalized spacial score (nSPS) is 15.5. The smallest absolute Gasteiger partial charge is 0.383 e. The highest BCUT2D eigenvalue weighted by atomic mass is 16.6. The third-order valence-electron chi connectivity index (χ3n) is 3.12. The van der Waals surface area contributed by atoms with Gasteiger partial charge in [-0.2, -0.15) is 0 Å². The van der Waals surface area contributed by atoms with Crippen LogP contribution in [0.1, 0.15) is 20.8 Å². The molecular formula is C14H20N6O3. The summed E-state index contributed by atoms with van der Waals surface area (Å²) in [6.07, 6.45) is 3.91. The summed E-state index contributed by atoms with van der Waals surface area (Å²) in [4.78, 5) is 16.5. The molecule has 9 nitrogen and oxygen atoms in total. The maximum Gasteiger partial charge on any atom is 0.434 e. The highest BCUT2D eigenvalue weighted by Crippen LogP contribution is 2.19. The molecule has 0 atom stereocenters. The van der Waals surface area contributed by atoms with E-state index in [1.807, 2.05) is 19.2 Å². The first-order valence-corrected chi connectivity index (χ1v) is 7.28. The molecule has 0 bridgehead atoms. The number of aliphatic imine (C=N–C) groups is 1. The summed E-state index contributed by atoms with van der Waals surface area (Å²) >= 11 is 0. The molecule has 1 aromatic heterocycles. The molecule has 0 aliphatic carbocycles. The van der Waals surface area contributed by atoms with E-state index in [0.717, 1.165) is 24.5 Å². The van der Waals surface area contributed by atoms with Gasteiger partial charge in [-0.1, -0.05) is 0 Å². The molecule has 0 amide bonds. The fraction of sp³-hybridized carbons (Fsp3) is 0.357. The number of hydrogen-bond acceptors (Lipinski definition) is 8. The number of hydrazine groups is 1. The van der Waals surface area contributed by atoms with Gasteiger partial charge in [0, 0.05) is 31.1 Å². The number of nitro groups is 1. The molecule has 1 aliphatic heterocycles. The van der Waals surface area contributed by atoms with Crippen LogP contribution in [0.4, 0.5) is 11.8 Å². The molecule has 124 valence electrons.